The third kappa shape index (κ3) is 3.73. The van der Waals surface area contributed by atoms with Gasteiger partial charge in [-0.15, -0.1) is 0 Å². The maximum Gasteiger partial charge on any atom is 0.129 e. The number of nitrogens with two attached hydrogens (primary N) is 1. The molecule has 0 fully saturated rings. The Morgan fingerprint density at radius 3 is 2.37 bits per heavy atom. The Kier molecular flexibility index (Phi) is 4.42. The zero-order valence-corrected chi connectivity index (χ0v) is 11.5. The van der Waals surface area contributed by atoms with E-state index in [1.165, 1.54) is 5.56 Å². The summed E-state index contributed by atoms with van der Waals surface area (Å²) in [6.45, 7) is 0.652. The van der Waals surface area contributed by atoms with E-state index < -0.39 is 0 Å². The third-order valence-electron chi connectivity index (χ3n) is 2.90. The van der Waals surface area contributed by atoms with Crippen molar-refractivity contribution in [3.63, 3.8) is 0 Å². The predicted molar refractivity (Wildman–Crippen MR) is 80.0 cm³/mol. The first-order valence-electron chi connectivity index (χ1n) is 6.43. The first kappa shape index (κ1) is 13.4. The van der Waals surface area contributed by atoms with Crippen LogP contribution in [0.25, 0.3) is 0 Å². The number of hydrogen-bond donors (Lipinski definition) is 1. The summed E-state index contributed by atoms with van der Waals surface area (Å²) in [7, 11) is 4.03. The molecule has 3 heteroatoms. The molecular weight excluding hydrogens is 236 g/mol. The summed E-state index contributed by atoms with van der Waals surface area (Å²) in [5.41, 5.74) is 7.89. The minimum absolute atomic E-state index is 0.652. The number of ether oxygens (including phenoxy) is 1. The second kappa shape index (κ2) is 6.25. The van der Waals surface area contributed by atoms with Crippen molar-refractivity contribution in [2.24, 2.45) is 5.73 Å². The van der Waals surface area contributed by atoms with Crippen LogP contribution < -0.4 is 15.4 Å². The molecule has 2 rings (SSSR count). The fourth-order valence-corrected chi connectivity index (χ4v) is 1.89. The van der Waals surface area contributed by atoms with Crippen LogP contribution in [-0.4, -0.2) is 20.6 Å². The molecule has 0 unspecified atom stereocenters. The number of hydrogen-bond acceptors (Lipinski definition) is 3. The van der Waals surface area contributed by atoms with Gasteiger partial charge in [0.2, 0.25) is 0 Å². The van der Waals surface area contributed by atoms with Gasteiger partial charge in [-0.05, 0) is 42.8 Å². The average Bonchev–Trinajstić information content (AvgIpc) is 2.40. The summed E-state index contributed by atoms with van der Waals surface area (Å²) in [5.74, 6) is 1.69. The highest BCUT2D eigenvalue weighted by Crippen LogP contribution is 2.25. The van der Waals surface area contributed by atoms with Gasteiger partial charge in [-0.25, -0.2) is 0 Å². The second-order valence-electron chi connectivity index (χ2n) is 4.68. The van der Waals surface area contributed by atoms with Crippen LogP contribution in [0.15, 0.2) is 48.5 Å². The van der Waals surface area contributed by atoms with Crippen molar-refractivity contribution in [3.05, 3.63) is 54.1 Å². The van der Waals surface area contributed by atoms with Gasteiger partial charge in [-0.1, -0.05) is 18.2 Å². The first-order valence-corrected chi connectivity index (χ1v) is 6.43. The van der Waals surface area contributed by atoms with Crippen LogP contribution in [-0.2, 0) is 6.42 Å². The lowest BCUT2D eigenvalue weighted by Gasteiger charge is -2.14. The molecule has 0 heterocycles. The molecule has 0 radical (unpaired) electrons. The van der Waals surface area contributed by atoms with Crippen LogP contribution in [0.4, 0.5) is 5.69 Å². The van der Waals surface area contributed by atoms with Crippen molar-refractivity contribution in [1.82, 2.24) is 0 Å². The zero-order chi connectivity index (χ0) is 13.7. The lowest BCUT2D eigenvalue weighted by atomic mass is 10.1. The zero-order valence-electron chi connectivity index (χ0n) is 11.5. The molecule has 0 aliphatic rings. The van der Waals surface area contributed by atoms with E-state index in [-0.39, 0.29) is 0 Å². The highest BCUT2D eigenvalue weighted by molar-refractivity contribution is 5.50. The highest BCUT2D eigenvalue weighted by atomic mass is 16.5. The molecule has 0 amide bonds. The molecule has 2 aromatic rings. The molecule has 3 nitrogen and oxygen atoms in total. The van der Waals surface area contributed by atoms with Gasteiger partial charge in [0.15, 0.2) is 0 Å². The van der Waals surface area contributed by atoms with E-state index in [2.05, 4.69) is 17.0 Å². The molecule has 0 saturated carbocycles. The van der Waals surface area contributed by atoms with E-state index in [1.54, 1.807) is 0 Å². The SMILES string of the molecule is CN(C)c1cccc(Oc2cccc(CCN)c2)c1. The van der Waals surface area contributed by atoms with Gasteiger partial charge in [0.1, 0.15) is 11.5 Å². The number of anilines is 1. The van der Waals surface area contributed by atoms with E-state index in [1.807, 2.05) is 50.5 Å². The van der Waals surface area contributed by atoms with Crippen LogP contribution in [0.5, 0.6) is 11.5 Å². The minimum atomic E-state index is 0.652. The van der Waals surface area contributed by atoms with Crippen LogP contribution in [0.2, 0.25) is 0 Å². The third-order valence-corrected chi connectivity index (χ3v) is 2.90. The molecule has 0 saturated heterocycles. The van der Waals surface area contributed by atoms with E-state index in [4.69, 9.17) is 10.5 Å². The van der Waals surface area contributed by atoms with Gasteiger partial charge >= 0.3 is 0 Å². The molecule has 0 aliphatic carbocycles. The van der Waals surface area contributed by atoms with Crippen LogP contribution in [0, 0.1) is 0 Å². The van der Waals surface area contributed by atoms with Gasteiger partial charge in [0.25, 0.3) is 0 Å². The second-order valence-corrected chi connectivity index (χ2v) is 4.68. The van der Waals surface area contributed by atoms with Crippen LogP contribution in [0.1, 0.15) is 5.56 Å². The minimum Gasteiger partial charge on any atom is -0.457 e. The Morgan fingerprint density at radius 1 is 1.00 bits per heavy atom. The van der Waals surface area contributed by atoms with Gasteiger partial charge in [-0.2, -0.15) is 0 Å². The van der Waals surface area contributed by atoms with Gasteiger partial charge in [-0.3, -0.25) is 0 Å². The van der Waals surface area contributed by atoms with Crippen LogP contribution in [0.3, 0.4) is 0 Å². The summed E-state index contributed by atoms with van der Waals surface area (Å²) < 4.78 is 5.89. The first-order chi connectivity index (χ1) is 9.19. The summed E-state index contributed by atoms with van der Waals surface area (Å²) in [6.07, 6.45) is 0.870. The maximum atomic E-state index is 5.89. The van der Waals surface area contributed by atoms with E-state index in [9.17, 15) is 0 Å². The van der Waals surface area contributed by atoms with Crippen LogP contribution >= 0.6 is 0 Å². The largest absolute Gasteiger partial charge is 0.457 e. The lowest BCUT2D eigenvalue weighted by molar-refractivity contribution is 0.482. The normalized spacial score (nSPS) is 10.3. The molecule has 100 valence electrons. The molecule has 2 aromatic carbocycles. The number of benzene rings is 2. The molecule has 19 heavy (non-hydrogen) atoms. The van der Waals surface area contributed by atoms with Crippen molar-refractivity contribution in [1.29, 1.82) is 0 Å². The van der Waals surface area contributed by atoms with Crippen molar-refractivity contribution < 1.29 is 4.74 Å². The van der Waals surface area contributed by atoms with Crippen molar-refractivity contribution in [2.45, 2.75) is 6.42 Å². The quantitative estimate of drug-likeness (QED) is 0.893. The molecular formula is C16H20N2O. The lowest BCUT2D eigenvalue weighted by Crippen LogP contribution is -2.08. The molecule has 0 aromatic heterocycles. The monoisotopic (exact) mass is 256 g/mol. The van der Waals surface area contributed by atoms with Crippen molar-refractivity contribution in [3.8, 4) is 11.5 Å². The Hall–Kier alpha value is -2.00. The van der Waals surface area contributed by atoms with E-state index in [0.29, 0.717) is 6.54 Å². The Labute approximate surface area is 114 Å². The number of nitrogens with zero attached hydrogens (tertiary/aromatic N) is 1. The van der Waals surface area contributed by atoms with E-state index >= 15 is 0 Å². The molecule has 0 bridgehead atoms. The number of rotatable bonds is 5. The fourth-order valence-electron chi connectivity index (χ4n) is 1.89. The highest BCUT2D eigenvalue weighted by Gasteiger charge is 2.01. The molecule has 0 aliphatic heterocycles. The summed E-state index contributed by atoms with van der Waals surface area (Å²) in [4.78, 5) is 2.05. The summed E-state index contributed by atoms with van der Waals surface area (Å²) in [5, 5.41) is 0. The topological polar surface area (TPSA) is 38.5 Å². The smallest absolute Gasteiger partial charge is 0.129 e. The van der Waals surface area contributed by atoms with Gasteiger partial charge in [0, 0.05) is 25.8 Å². The average molecular weight is 256 g/mol. The van der Waals surface area contributed by atoms with Crippen molar-refractivity contribution in [2.75, 3.05) is 25.5 Å². The van der Waals surface area contributed by atoms with E-state index in [0.717, 1.165) is 23.6 Å². The van der Waals surface area contributed by atoms with Crippen molar-refractivity contribution >= 4 is 5.69 Å². The summed E-state index contributed by atoms with van der Waals surface area (Å²) >= 11 is 0. The fraction of sp³-hybridized carbons (Fsp3) is 0.250. The van der Waals surface area contributed by atoms with Gasteiger partial charge in [0.05, 0.1) is 0 Å². The summed E-state index contributed by atoms with van der Waals surface area (Å²) in [6, 6.07) is 16.1. The Bertz CT molecular complexity index is 538. The maximum absolute atomic E-state index is 5.89. The standard InChI is InChI=1S/C16H20N2O/c1-18(2)14-6-4-8-16(12-14)19-15-7-3-5-13(11-15)9-10-17/h3-8,11-12H,9-10,17H2,1-2H3. The Balaban J connectivity index is 2.16. The Morgan fingerprint density at radius 2 is 1.68 bits per heavy atom. The molecule has 0 atom stereocenters. The van der Waals surface area contributed by atoms with Gasteiger partial charge < -0.3 is 15.4 Å². The predicted octanol–water partition coefficient (Wildman–Crippen LogP) is 3.05. The molecule has 0 spiro atoms. The molecule has 2 N–H and O–H groups in total.